The molecule has 0 radical (unpaired) electrons. The average molecular weight is 385 g/mol. The maximum atomic E-state index is 13.3. The Morgan fingerprint density at radius 1 is 1.25 bits per heavy atom. The maximum absolute atomic E-state index is 13.3. The number of carbonyl (C=O) groups is 1. The van der Waals surface area contributed by atoms with Gasteiger partial charge in [-0.25, -0.2) is 9.18 Å². The van der Waals surface area contributed by atoms with Gasteiger partial charge in [0.2, 0.25) is 0 Å². The van der Waals surface area contributed by atoms with Crippen molar-refractivity contribution in [1.29, 1.82) is 0 Å². The third-order valence-electron chi connectivity index (χ3n) is 2.95. The summed E-state index contributed by atoms with van der Waals surface area (Å²) in [5.74, 6) is -2.00. The summed E-state index contributed by atoms with van der Waals surface area (Å²) in [4.78, 5) is 10.9. The number of anilines is 1. The van der Waals surface area contributed by atoms with Crippen molar-refractivity contribution in [2.75, 3.05) is 5.32 Å². The van der Waals surface area contributed by atoms with Gasteiger partial charge in [-0.05, 0) is 65.4 Å². The summed E-state index contributed by atoms with van der Waals surface area (Å²) in [7, 11) is 0. The van der Waals surface area contributed by atoms with Crippen molar-refractivity contribution < 1.29 is 14.3 Å². The van der Waals surface area contributed by atoms with Gasteiger partial charge in [0.05, 0.1) is 5.56 Å². The minimum Gasteiger partial charge on any atom is -0.478 e. The first-order valence-electron chi connectivity index (χ1n) is 6.02. The molecule has 20 heavy (non-hydrogen) atoms. The van der Waals surface area contributed by atoms with Crippen molar-refractivity contribution in [3.8, 4) is 0 Å². The summed E-state index contributed by atoms with van der Waals surface area (Å²) in [5, 5.41) is 12.1. The van der Waals surface area contributed by atoms with Crippen molar-refractivity contribution >= 4 is 34.2 Å². The predicted octanol–water partition coefficient (Wildman–Crippen LogP) is 4.30. The van der Waals surface area contributed by atoms with Gasteiger partial charge in [0.1, 0.15) is 5.82 Å². The van der Waals surface area contributed by atoms with Crippen LogP contribution in [-0.2, 0) is 0 Å². The molecule has 0 aromatic heterocycles. The normalized spacial score (nSPS) is 11.9. The fraction of sp³-hybridized carbons (Fsp3) is 0.133. The Morgan fingerprint density at radius 3 is 2.50 bits per heavy atom. The molecule has 104 valence electrons. The van der Waals surface area contributed by atoms with Gasteiger partial charge in [0.25, 0.3) is 0 Å². The van der Waals surface area contributed by atoms with Crippen molar-refractivity contribution in [1.82, 2.24) is 0 Å². The highest BCUT2D eigenvalue weighted by Gasteiger charge is 2.12. The number of nitrogens with one attached hydrogen (secondary N) is 1. The summed E-state index contributed by atoms with van der Waals surface area (Å²) < 4.78 is 14.5. The van der Waals surface area contributed by atoms with Gasteiger partial charge >= 0.3 is 5.97 Å². The molecule has 2 rings (SSSR count). The van der Waals surface area contributed by atoms with Gasteiger partial charge in [-0.2, -0.15) is 0 Å². The molecule has 0 aliphatic carbocycles. The summed E-state index contributed by atoms with van der Waals surface area (Å²) in [5.41, 5.74) is 1.33. The standard InChI is InChI=1S/C15H13FINO2/c1-9(10-2-4-11(17)5-3-10)18-12-6-7-14(16)13(8-12)15(19)20/h2-9,18H,1H3,(H,19,20). The summed E-state index contributed by atoms with van der Waals surface area (Å²) in [6.07, 6.45) is 0. The van der Waals surface area contributed by atoms with E-state index < -0.39 is 11.8 Å². The van der Waals surface area contributed by atoms with E-state index in [-0.39, 0.29) is 11.6 Å². The number of benzene rings is 2. The SMILES string of the molecule is CC(Nc1ccc(F)c(C(=O)O)c1)c1ccc(I)cc1. The molecular formula is C15H13FINO2. The molecule has 0 heterocycles. The van der Waals surface area contributed by atoms with Gasteiger partial charge in [-0.3, -0.25) is 0 Å². The smallest absolute Gasteiger partial charge is 0.338 e. The van der Waals surface area contributed by atoms with Crippen molar-refractivity contribution in [2.45, 2.75) is 13.0 Å². The summed E-state index contributed by atoms with van der Waals surface area (Å²) in [6.45, 7) is 1.96. The second-order valence-electron chi connectivity index (χ2n) is 4.42. The van der Waals surface area contributed by atoms with Crippen LogP contribution in [0.5, 0.6) is 0 Å². The number of carboxylic acid groups (broad SMARTS) is 1. The molecule has 2 aromatic rings. The van der Waals surface area contributed by atoms with Crippen LogP contribution in [0.2, 0.25) is 0 Å². The molecule has 0 saturated carbocycles. The molecule has 5 heteroatoms. The Balaban J connectivity index is 2.19. The number of halogens is 2. The Labute approximate surface area is 130 Å². The molecule has 2 N–H and O–H groups in total. The lowest BCUT2D eigenvalue weighted by Crippen LogP contribution is -2.08. The van der Waals surface area contributed by atoms with Crippen LogP contribution in [0.25, 0.3) is 0 Å². The van der Waals surface area contributed by atoms with Crippen molar-refractivity contribution in [2.24, 2.45) is 0 Å². The monoisotopic (exact) mass is 385 g/mol. The van der Waals surface area contributed by atoms with Gasteiger partial charge in [0, 0.05) is 15.3 Å². The molecule has 2 aromatic carbocycles. The third kappa shape index (κ3) is 3.47. The molecule has 0 bridgehead atoms. The van der Waals surface area contributed by atoms with Crippen molar-refractivity contribution in [3.05, 3.63) is 63.0 Å². The summed E-state index contributed by atoms with van der Waals surface area (Å²) >= 11 is 2.23. The number of carboxylic acids is 1. The number of hydrogen-bond acceptors (Lipinski definition) is 2. The van der Waals surface area contributed by atoms with Crippen LogP contribution in [0.4, 0.5) is 10.1 Å². The van der Waals surface area contributed by atoms with Crippen molar-refractivity contribution in [3.63, 3.8) is 0 Å². The van der Waals surface area contributed by atoms with E-state index in [1.807, 2.05) is 31.2 Å². The Morgan fingerprint density at radius 2 is 1.90 bits per heavy atom. The summed E-state index contributed by atoms with van der Waals surface area (Å²) in [6, 6.07) is 12.0. The topological polar surface area (TPSA) is 49.3 Å². The largest absolute Gasteiger partial charge is 0.478 e. The van der Waals surface area contributed by atoms with Crippen LogP contribution >= 0.6 is 22.6 Å². The highest BCUT2D eigenvalue weighted by molar-refractivity contribution is 14.1. The van der Waals surface area contributed by atoms with Crippen LogP contribution in [-0.4, -0.2) is 11.1 Å². The molecule has 0 aliphatic rings. The first-order chi connectivity index (χ1) is 9.47. The predicted molar refractivity (Wildman–Crippen MR) is 84.6 cm³/mol. The molecule has 1 atom stereocenters. The third-order valence-corrected chi connectivity index (χ3v) is 3.67. The van der Waals surface area contributed by atoms with Crippen LogP contribution < -0.4 is 5.32 Å². The zero-order valence-electron chi connectivity index (χ0n) is 10.7. The average Bonchev–Trinajstić information content (AvgIpc) is 2.41. The molecule has 0 amide bonds. The second-order valence-corrected chi connectivity index (χ2v) is 5.66. The highest BCUT2D eigenvalue weighted by atomic mass is 127. The van der Waals surface area contributed by atoms with E-state index in [1.54, 1.807) is 0 Å². The lowest BCUT2D eigenvalue weighted by molar-refractivity contribution is 0.0692. The van der Waals surface area contributed by atoms with Gasteiger partial charge in [-0.15, -0.1) is 0 Å². The minimum absolute atomic E-state index is 0.000828. The van der Waals surface area contributed by atoms with E-state index in [0.29, 0.717) is 5.69 Å². The zero-order chi connectivity index (χ0) is 14.7. The van der Waals surface area contributed by atoms with Gasteiger partial charge in [0.15, 0.2) is 0 Å². The Kier molecular flexibility index (Phi) is 4.59. The van der Waals surface area contributed by atoms with E-state index >= 15 is 0 Å². The van der Waals surface area contributed by atoms with E-state index in [9.17, 15) is 9.18 Å². The molecule has 0 fully saturated rings. The fourth-order valence-corrected chi connectivity index (χ4v) is 2.22. The first kappa shape index (κ1) is 14.8. The highest BCUT2D eigenvalue weighted by Crippen LogP contribution is 2.22. The van der Waals surface area contributed by atoms with E-state index in [1.165, 1.54) is 12.1 Å². The molecule has 0 spiro atoms. The number of hydrogen-bond donors (Lipinski definition) is 2. The molecule has 1 unspecified atom stereocenters. The van der Waals surface area contributed by atoms with E-state index in [0.717, 1.165) is 15.2 Å². The van der Waals surface area contributed by atoms with Crippen LogP contribution in [0.3, 0.4) is 0 Å². The number of rotatable bonds is 4. The van der Waals surface area contributed by atoms with E-state index in [2.05, 4.69) is 27.9 Å². The minimum atomic E-state index is -1.27. The van der Waals surface area contributed by atoms with Crippen LogP contribution in [0.15, 0.2) is 42.5 Å². The van der Waals surface area contributed by atoms with Gasteiger partial charge < -0.3 is 10.4 Å². The second kappa shape index (κ2) is 6.21. The lowest BCUT2D eigenvalue weighted by Gasteiger charge is -2.16. The van der Waals surface area contributed by atoms with E-state index in [4.69, 9.17) is 5.11 Å². The molecule has 0 saturated heterocycles. The number of aromatic carboxylic acids is 1. The fourth-order valence-electron chi connectivity index (χ4n) is 1.86. The molecular weight excluding hydrogens is 372 g/mol. The molecule has 3 nitrogen and oxygen atoms in total. The Bertz CT molecular complexity index is 628. The zero-order valence-corrected chi connectivity index (χ0v) is 12.9. The maximum Gasteiger partial charge on any atom is 0.338 e. The first-order valence-corrected chi connectivity index (χ1v) is 7.10. The lowest BCUT2D eigenvalue weighted by atomic mass is 10.1. The van der Waals surface area contributed by atoms with Crippen LogP contribution in [0.1, 0.15) is 28.9 Å². The van der Waals surface area contributed by atoms with Gasteiger partial charge in [-0.1, -0.05) is 12.1 Å². The molecule has 0 aliphatic heterocycles. The quantitative estimate of drug-likeness (QED) is 0.772. The van der Waals surface area contributed by atoms with Crippen LogP contribution in [0, 0.1) is 9.39 Å². The Hall–Kier alpha value is -1.63.